The summed E-state index contributed by atoms with van der Waals surface area (Å²) in [6, 6.07) is 16.4. The van der Waals surface area contributed by atoms with Crippen molar-refractivity contribution < 1.29 is 9.53 Å². The van der Waals surface area contributed by atoms with Crippen LogP contribution in [-0.4, -0.2) is 33.0 Å². The van der Waals surface area contributed by atoms with Crippen molar-refractivity contribution in [3.05, 3.63) is 71.9 Å². The molecule has 0 aliphatic heterocycles. The van der Waals surface area contributed by atoms with Crippen LogP contribution in [0.2, 0.25) is 0 Å². The summed E-state index contributed by atoms with van der Waals surface area (Å²) in [6.07, 6.45) is 1.70. The zero-order chi connectivity index (χ0) is 18.8. The number of fused-ring (bicyclic) bond motifs is 1. The molecular weight excluding hydrogens is 342 g/mol. The first-order valence-electron chi connectivity index (χ1n) is 8.39. The Hall–Kier alpha value is -3.74. The number of aryl methyl sites for hydroxylation is 1. The molecule has 0 aliphatic carbocycles. The molecule has 1 amide bonds. The van der Waals surface area contributed by atoms with E-state index in [1.165, 1.54) is 0 Å². The van der Waals surface area contributed by atoms with Gasteiger partial charge in [0, 0.05) is 11.8 Å². The minimum atomic E-state index is -0.212. The van der Waals surface area contributed by atoms with Crippen molar-refractivity contribution in [2.75, 3.05) is 12.4 Å². The van der Waals surface area contributed by atoms with E-state index in [9.17, 15) is 4.79 Å². The average molecular weight is 359 g/mol. The predicted molar refractivity (Wildman–Crippen MR) is 102 cm³/mol. The third kappa shape index (κ3) is 3.10. The van der Waals surface area contributed by atoms with Crippen molar-refractivity contribution >= 4 is 22.8 Å². The highest BCUT2D eigenvalue weighted by Crippen LogP contribution is 2.24. The lowest BCUT2D eigenvalue weighted by Gasteiger charge is -2.11. The van der Waals surface area contributed by atoms with E-state index in [0.29, 0.717) is 22.6 Å². The molecule has 0 aliphatic rings. The van der Waals surface area contributed by atoms with Crippen molar-refractivity contribution in [1.82, 2.24) is 20.0 Å². The molecular formula is C20H17N5O2. The Balaban J connectivity index is 1.64. The zero-order valence-electron chi connectivity index (χ0n) is 14.9. The number of carbonyl (C=O) groups excluding carboxylic acids is 1. The predicted octanol–water partition coefficient (Wildman–Crippen LogP) is 3.38. The molecule has 0 fully saturated rings. The van der Waals surface area contributed by atoms with Crippen LogP contribution in [0, 0.1) is 6.92 Å². The number of ether oxygens (including phenoxy) is 1. The van der Waals surface area contributed by atoms with Gasteiger partial charge >= 0.3 is 0 Å². The number of para-hydroxylation sites is 2. The van der Waals surface area contributed by atoms with Gasteiger partial charge in [0.15, 0.2) is 5.65 Å². The van der Waals surface area contributed by atoms with Crippen molar-refractivity contribution in [3.63, 3.8) is 0 Å². The average Bonchev–Trinajstić information content (AvgIpc) is 3.12. The van der Waals surface area contributed by atoms with Crippen LogP contribution in [0.5, 0.6) is 5.75 Å². The molecule has 2 aromatic heterocycles. The Bertz CT molecular complexity index is 1140. The summed E-state index contributed by atoms with van der Waals surface area (Å²) in [5.41, 5.74) is 4.27. The lowest BCUT2D eigenvalue weighted by atomic mass is 10.1. The van der Waals surface area contributed by atoms with Gasteiger partial charge in [-0.15, -0.1) is 5.10 Å². The quantitative estimate of drug-likeness (QED) is 0.604. The first kappa shape index (κ1) is 16.7. The van der Waals surface area contributed by atoms with E-state index in [4.69, 9.17) is 4.74 Å². The summed E-state index contributed by atoms with van der Waals surface area (Å²) in [4.78, 5) is 17.0. The van der Waals surface area contributed by atoms with E-state index in [1.807, 2.05) is 43.3 Å². The molecule has 2 aromatic carbocycles. The highest BCUT2D eigenvalue weighted by atomic mass is 16.5. The first-order chi connectivity index (χ1) is 13.2. The second-order valence-corrected chi connectivity index (χ2v) is 6.00. The molecule has 1 N–H and O–H groups in total. The summed E-state index contributed by atoms with van der Waals surface area (Å²) in [5, 5.41) is 11.2. The van der Waals surface area contributed by atoms with Crippen molar-refractivity contribution in [1.29, 1.82) is 0 Å². The maximum Gasteiger partial charge on any atom is 0.255 e. The molecule has 0 radical (unpaired) electrons. The summed E-state index contributed by atoms with van der Waals surface area (Å²) >= 11 is 0. The number of anilines is 1. The minimum absolute atomic E-state index is 0.212. The molecule has 27 heavy (non-hydrogen) atoms. The Labute approximate surface area is 155 Å². The fourth-order valence-corrected chi connectivity index (χ4v) is 2.90. The summed E-state index contributed by atoms with van der Waals surface area (Å²) in [6.45, 7) is 1.92. The highest BCUT2D eigenvalue weighted by Gasteiger charge is 2.14. The smallest absolute Gasteiger partial charge is 0.255 e. The Kier molecular flexibility index (Phi) is 4.25. The van der Waals surface area contributed by atoms with Crippen LogP contribution in [0.4, 0.5) is 5.69 Å². The molecule has 4 rings (SSSR count). The molecule has 134 valence electrons. The van der Waals surface area contributed by atoms with Gasteiger partial charge in [-0.1, -0.05) is 17.3 Å². The van der Waals surface area contributed by atoms with E-state index in [0.717, 1.165) is 16.8 Å². The molecule has 0 saturated carbocycles. The zero-order valence-corrected chi connectivity index (χ0v) is 14.9. The lowest BCUT2D eigenvalue weighted by Crippen LogP contribution is -2.13. The molecule has 0 spiro atoms. The van der Waals surface area contributed by atoms with Crippen molar-refractivity contribution in [2.45, 2.75) is 6.92 Å². The Morgan fingerprint density at radius 3 is 2.78 bits per heavy atom. The largest absolute Gasteiger partial charge is 0.495 e. The number of hydrogen-bond donors (Lipinski definition) is 1. The van der Waals surface area contributed by atoms with E-state index in [1.54, 1.807) is 36.2 Å². The molecule has 0 atom stereocenters. The first-order valence-corrected chi connectivity index (χ1v) is 8.39. The summed E-state index contributed by atoms with van der Waals surface area (Å²) < 4.78 is 6.95. The van der Waals surface area contributed by atoms with E-state index >= 15 is 0 Å². The van der Waals surface area contributed by atoms with Gasteiger partial charge in [-0.3, -0.25) is 4.79 Å². The number of hydrogen-bond acceptors (Lipinski definition) is 5. The molecule has 7 heteroatoms. The van der Waals surface area contributed by atoms with Gasteiger partial charge in [-0.2, -0.15) is 4.68 Å². The molecule has 7 nitrogen and oxygen atoms in total. The van der Waals surface area contributed by atoms with Gasteiger partial charge in [-0.05, 0) is 55.0 Å². The van der Waals surface area contributed by atoms with Crippen LogP contribution < -0.4 is 10.1 Å². The maximum absolute atomic E-state index is 12.6. The maximum atomic E-state index is 12.6. The highest BCUT2D eigenvalue weighted by molar-refractivity contribution is 6.05. The molecule has 0 bridgehead atoms. The summed E-state index contributed by atoms with van der Waals surface area (Å²) in [5.74, 6) is 0.398. The number of aromatic nitrogens is 4. The van der Waals surface area contributed by atoms with Gasteiger partial charge in [0.2, 0.25) is 0 Å². The van der Waals surface area contributed by atoms with Crippen molar-refractivity contribution in [3.8, 4) is 11.4 Å². The third-order valence-electron chi connectivity index (χ3n) is 4.25. The number of benzene rings is 2. The Morgan fingerprint density at radius 1 is 1.11 bits per heavy atom. The number of nitrogens with zero attached hydrogens (tertiary/aromatic N) is 4. The van der Waals surface area contributed by atoms with Crippen LogP contribution in [-0.2, 0) is 0 Å². The number of nitrogens with one attached hydrogen (secondary N) is 1. The van der Waals surface area contributed by atoms with E-state index in [-0.39, 0.29) is 5.91 Å². The van der Waals surface area contributed by atoms with Gasteiger partial charge in [0.25, 0.3) is 5.91 Å². The fraction of sp³-hybridized carbons (Fsp3) is 0.100. The van der Waals surface area contributed by atoms with Gasteiger partial charge < -0.3 is 10.1 Å². The monoisotopic (exact) mass is 359 g/mol. The van der Waals surface area contributed by atoms with Crippen LogP contribution in [0.1, 0.15) is 15.9 Å². The van der Waals surface area contributed by atoms with Gasteiger partial charge in [0.05, 0.1) is 18.5 Å². The number of amides is 1. The molecule has 0 unspecified atom stereocenters. The molecule has 0 saturated heterocycles. The molecule has 4 aromatic rings. The lowest BCUT2D eigenvalue weighted by molar-refractivity contribution is 0.102. The van der Waals surface area contributed by atoms with Gasteiger partial charge in [-0.25, -0.2) is 4.98 Å². The number of rotatable bonds is 4. The topological polar surface area (TPSA) is 81.9 Å². The third-order valence-corrected chi connectivity index (χ3v) is 4.25. The SMILES string of the molecule is COc1ccccc1NC(=O)c1ccc(-n2nnc3cccnc32)c(C)c1. The standard InChI is InChI=1S/C20H17N5O2/c1-13-12-14(20(26)22-15-6-3-4-8-18(15)27-2)9-10-17(13)25-19-16(23-24-25)7-5-11-21-19/h3-12H,1-2H3,(H,22,26). The van der Waals surface area contributed by atoms with Crippen LogP contribution >= 0.6 is 0 Å². The Morgan fingerprint density at radius 2 is 1.96 bits per heavy atom. The van der Waals surface area contributed by atoms with Crippen molar-refractivity contribution in [2.24, 2.45) is 0 Å². The van der Waals surface area contributed by atoms with Crippen LogP contribution in [0.15, 0.2) is 60.8 Å². The second-order valence-electron chi connectivity index (χ2n) is 6.00. The molecule has 2 heterocycles. The number of carbonyl (C=O) groups is 1. The minimum Gasteiger partial charge on any atom is -0.495 e. The van der Waals surface area contributed by atoms with E-state index in [2.05, 4.69) is 20.6 Å². The number of pyridine rings is 1. The van der Waals surface area contributed by atoms with Crippen LogP contribution in [0.25, 0.3) is 16.9 Å². The van der Waals surface area contributed by atoms with Gasteiger partial charge in [0.1, 0.15) is 11.3 Å². The fourth-order valence-electron chi connectivity index (χ4n) is 2.90. The number of methoxy groups -OCH3 is 1. The normalized spacial score (nSPS) is 10.7. The second kappa shape index (κ2) is 6.87. The van der Waals surface area contributed by atoms with Crippen LogP contribution in [0.3, 0.4) is 0 Å². The van der Waals surface area contributed by atoms with E-state index < -0.39 is 0 Å². The summed E-state index contributed by atoms with van der Waals surface area (Å²) in [7, 11) is 1.57.